The van der Waals surface area contributed by atoms with E-state index in [1.807, 2.05) is 6.92 Å². The molecule has 102 valence electrons. The van der Waals surface area contributed by atoms with Crippen molar-refractivity contribution in [1.82, 2.24) is 4.57 Å². The van der Waals surface area contributed by atoms with Gasteiger partial charge in [0.1, 0.15) is 17.2 Å². The van der Waals surface area contributed by atoms with E-state index < -0.39 is 0 Å². The molecule has 1 atom stereocenters. The summed E-state index contributed by atoms with van der Waals surface area (Å²) in [6.45, 7) is 3.44. The quantitative estimate of drug-likeness (QED) is 0.648. The van der Waals surface area contributed by atoms with Crippen LogP contribution in [0, 0.1) is 11.6 Å². The minimum Gasteiger partial charge on any atom is -0.368 e. The summed E-state index contributed by atoms with van der Waals surface area (Å²) < 4.78 is 34.5. The van der Waals surface area contributed by atoms with Gasteiger partial charge in [-0.15, -0.1) is 0 Å². The fraction of sp³-hybridized carbons (Fsp3) is 0.250. The second-order valence-electron chi connectivity index (χ2n) is 5.65. The molecule has 0 N–H and O–H groups in total. The summed E-state index contributed by atoms with van der Waals surface area (Å²) in [4.78, 5) is 0. The van der Waals surface area contributed by atoms with Crippen LogP contribution in [0.25, 0.3) is 21.8 Å². The molecule has 0 spiro atoms. The molecule has 4 rings (SSSR count). The van der Waals surface area contributed by atoms with Crippen LogP contribution in [0.5, 0.6) is 0 Å². The van der Waals surface area contributed by atoms with Gasteiger partial charge in [-0.25, -0.2) is 8.78 Å². The standard InChI is InChI=1S/C16H13F2NO/c1-16(9-20-16)8-19-14-4-2-10(17)6-12(14)13-7-11(18)3-5-15(13)19/h2-7H,8-9H2,1H3/t16-/m1/s1. The van der Waals surface area contributed by atoms with E-state index in [0.717, 1.165) is 28.4 Å². The Morgan fingerprint density at radius 1 is 1.05 bits per heavy atom. The summed E-state index contributed by atoms with van der Waals surface area (Å²) >= 11 is 0. The van der Waals surface area contributed by atoms with E-state index in [1.165, 1.54) is 24.3 Å². The normalized spacial score (nSPS) is 21.8. The molecule has 1 fully saturated rings. The molecule has 0 bridgehead atoms. The van der Waals surface area contributed by atoms with Crippen molar-refractivity contribution in [3.8, 4) is 0 Å². The maximum atomic E-state index is 13.5. The SMILES string of the molecule is C[C@@]1(Cn2c3ccc(F)cc3c3cc(F)ccc32)CO1. The molecule has 0 amide bonds. The van der Waals surface area contributed by atoms with E-state index in [1.54, 1.807) is 12.1 Å². The molecule has 0 unspecified atom stereocenters. The third-order valence-electron chi connectivity index (χ3n) is 3.92. The van der Waals surface area contributed by atoms with Gasteiger partial charge >= 0.3 is 0 Å². The topological polar surface area (TPSA) is 17.5 Å². The van der Waals surface area contributed by atoms with Crippen molar-refractivity contribution in [2.45, 2.75) is 19.1 Å². The van der Waals surface area contributed by atoms with Crippen molar-refractivity contribution in [3.05, 3.63) is 48.0 Å². The summed E-state index contributed by atoms with van der Waals surface area (Å²) in [6.07, 6.45) is 0. The molecule has 1 aliphatic rings. The number of benzene rings is 2. The van der Waals surface area contributed by atoms with Crippen LogP contribution in [0.4, 0.5) is 8.78 Å². The van der Waals surface area contributed by atoms with Crippen LogP contribution in [0.1, 0.15) is 6.92 Å². The molecule has 2 heterocycles. The van der Waals surface area contributed by atoms with E-state index in [0.29, 0.717) is 6.54 Å². The molecule has 1 saturated heterocycles. The first-order valence-electron chi connectivity index (χ1n) is 6.57. The number of rotatable bonds is 2. The van der Waals surface area contributed by atoms with E-state index in [-0.39, 0.29) is 17.2 Å². The molecule has 0 radical (unpaired) electrons. The monoisotopic (exact) mass is 273 g/mol. The van der Waals surface area contributed by atoms with Gasteiger partial charge in [0, 0.05) is 21.8 Å². The van der Waals surface area contributed by atoms with Crippen LogP contribution >= 0.6 is 0 Å². The van der Waals surface area contributed by atoms with Crippen molar-refractivity contribution in [2.75, 3.05) is 6.61 Å². The zero-order valence-electron chi connectivity index (χ0n) is 11.0. The molecule has 20 heavy (non-hydrogen) atoms. The zero-order valence-corrected chi connectivity index (χ0v) is 11.0. The predicted molar refractivity (Wildman–Crippen MR) is 73.7 cm³/mol. The third-order valence-corrected chi connectivity index (χ3v) is 3.92. The van der Waals surface area contributed by atoms with Gasteiger partial charge < -0.3 is 9.30 Å². The minimum absolute atomic E-state index is 0.165. The van der Waals surface area contributed by atoms with Gasteiger partial charge in [-0.3, -0.25) is 0 Å². The maximum Gasteiger partial charge on any atom is 0.123 e. The van der Waals surface area contributed by atoms with E-state index in [2.05, 4.69) is 4.57 Å². The number of epoxide rings is 1. The van der Waals surface area contributed by atoms with Gasteiger partial charge in [-0.2, -0.15) is 0 Å². The fourth-order valence-electron chi connectivity index (χ4n) is 2.77. The molecule has 1 aliphatic heterocycles. The molecule has 4 heteroatoms. The number of nitrogens with zero attached hydrogens (tertiary/aromatic N) is 1. The molecule has 2 aromatic carbocycles. The third kappa shape index (κ3) is 1.72. The molecule has 1 aromatic heterocycles. The first-order valence-corrected chi connectivity index (χ1v) is 6.57. The Bertz CT molecular complexity index is 774. The van der Waals surface area contributed by atoms with Gasteiger partial charge in [0.15, 0.2) is 0 Å². The summed E-state index contributed by atoms with van der Waals surface area (Å²) in [7, 11) is 0. The van der Waals surface area contributed by atoms with Gasteiger partial charge in [0.2, 0.25) is 0 Å². The molecule has 2 nitrogen and oxygen atoms in total. The smallest absolute Gasteiger partial charge is 0.123 e. The van der Waals surface area contributed by atoms with E-state index >= 15 is 0 Å². The lowest BCUT2D eigenvalue weighted by molar-refractivity contribution is 0.298. The Morgan fingerprint density at radius 3 is 2.00 bits per heavy atom. The van der Waals surface area contributed by atoms with Crippen LogP contribution in [0.3, 0.4) is 0 Å². The Balaban J connectivity index is 2.07. The van der Waals surface area contributed by atoms with E-state index in [9.17, 15) is 8.78 Å². The van der Waals surface area contributed by atoms with Crippen molar-refractivity contribution < 1.29 is 13.5 Å². The van der Waals surface area contributed by atoms with Crippen LogP contribution in [-0.4, -0.2) is 16.8 Å². The van der Waals surface area contributed by atoms with Gasteiger partial charge in [-0.1, -0.05) is 0 Å². The summed E-state index contributed by atoms with van der Waals surface area (Å²) in [5.74, 6) is -0.621. The maximum absolute atomic E-state index is 13.5. The van der Waals surface area contributed by atoms with Crippen LogP contribution in [0.2, 0.25) is 0 Å². The highest BCUT2D eigenvalue weighted by Crippen LogP contribution is 2.35. The second-order valence-corrected chi connectivity index (χ2v) is 5.65. The first-order chi connectivity index (χ1) is 9.56. The Labute approximate surface area is 114 Å². The number of ether oxygens (including phenoxy) is 1. The van der Waals surface area contributed by atoms with Crippen LogP contribution in [-0.2, 0) is 11.3 Å². The highest BCUT2D eigenvalue weighted by molar-refractivity contribution is 6.08. The average Bonchev–Trinajstić information content (AvgIpc) is 3.07. The number of fused-ring (bicyclic) bond motifs is 3. The van der Waals surface area contributed by atoms with Gasteiger partial charge in [-0.05, 0) is 43.3 Å². The largest absolute Gasteiger partial charge is 0.368 e. The average molecular weight is 273 g/mol. The van der Waals surface area contributed by atoms with Crippen molar-refractivity contribution in [1.29, 1.82) is 0 Å². The number of halogens is 2. The molecule has 3 aromatic rings. The fourth-order valence-corrected chi connectivity index (χ4v) is 2.77. The molecule has 0 aliphatic carbocycles. The van der Waals surface area contributed by atoms with Crippen LogP contribution < -0.4 is 0 Å². The Hall–Kier alpha value is -1.94. The number of hydrogen-bond donors (Lipinski definition) is 0. The molecule has 0 saturated carbocycles. The van der Waals surface area contributed by atoms with Gasteiger partial charge in [0.25, 0.3) is 0 Å². The Kier molecular flexibility index (Phi) is 2.25. The van der Waals surface area contributed by atoms with Gasteiger partial charge in [0.05, 0.1) is 13.2 Å². The summed E-state index contributed by atoms with van der Waals surface area (Å²) in [5, 5.41) is 1.48. The lowest BCUT2D eigenvalue weighted by Gasteiger charge is -2.10. The predicted octanol–water partition coefficient (Wildman–Crippen LogP) is 3.86. The minimum atomic E-state index is -0.310. The van der Waals surface area contributed by atoms with Crippen molar-refractivity contribution in [3.63, 3.8) is 0 Å². The number of aromatic nitrogens is 1. The summed E-state index contributed by atoms with van der Waals surface area (Å²) in [6, 6.07) is 9.28. The molecular weight excluding hydrogens is 260 g/mol. The summed E-state index contributed by atoms with van der Waals surface area (Å²) in [5.41, 5.74) is 1.65. The highest BCUT2D eigenvalue weighted by Gasteiger charge is 2.40. The van der Waals surface area contributed by atoms with Crippen LogP contribution in [0.15, 0.2) is 36.4 Å². The molecular formula is C16H13F2NO. The Morgan fingerprint density at radius 2 is 1.55 bits per heavy atom. The number of hydrogen-bond acceptors (Lipinski definition) is 1. The highest BCUT2D eigenvalue weighted by atomic mass is 19.1. The second kappa shape index (κ2) is 3.79. The van der Waals surface area contributed by atoms with E-state index in [4.69, 9.17) is 4.74 Å². The lowest BCUT2D eigenvalue weighted by Crippen LogP contribution is -2.15. The van der Waals surface area contributed by atoms with Crippen molar-refractivity contribution >= 4 is 21.8 Å². The lowest BCUT2D eigenvalue weighted by atomic mass is 10.1. The first kappa shape index (κ1) is 11.9. The van der Waals surface area contributed by atoms with Crippen molar-refractivity contribution in [2.24, 2.45) is 0 Å². The zero-order chi connectivity index (χ0) is 13.9.